The van der Waals surface area contributed by atoms with E-state index in [-0.39, 0.29) is 5.56 Å². The summed E-state index contributed by atoms with van der Waals surface area (Å²) in [6.07, 6.45) is 1.75. The summed E-state index contributed by atoms with van der Waals surface area (Å²) in [6, 6.07) is 9.75. The fourth-order valence-corrected chi connectivity index (χ4v) is 1.73. The molecule has 76 valence electrons. The second-order valence-electron chi connectivity index (χ2n) is 3.82. The van der Waals surface area contributed by atoms with Crippen LogP contribution in [0.15, 0.2) is 41.3 Å². The van der Waals surface area contributed by atoms with E-state index in [1.807, 2.05) is 6.07 Å². The maximum Gasteiger partial charge on any atom is 0.247 e. The van der Waals surface area contributed by atoms with E-state index in [9.17, 15) is 4.79 Å². The van der Waals surface area contributed by atoms with Crippen molar-refractivity contribution in [2.24, 2.45) is 0 Å². The van der Waals surface area contributed by atoms with E-state index in [2.05, 4.69) is 37.0 Å². The van der Waals surface area contributed by atoms with Crippen molar-refractivity contribution in [3.63, 3.8) is 0 Å². The normalized spacial score (nSPS) is 10.3. The summed E-state index contributed by atoms with van der Waals surface area (Å²) in [5, 5.41) is 0. The van der Waals surface area contributed by atoms with Gasteiger partial charge in [-0.25, -0.2) is 0 Å². The highest BCUT2D eigenvalue weighted by molar-refractivity contribution is 5.63. The second kappa shape index (κ2) is 3.73. The quantitative estimate of drug-likeness (QED) is 0.752. The molecule has 2 aromatic rings. The van der Waals surface area contributed by atoms with Crippen molar-refractivity contribution in [3.8, 4) is 11.1 Å². The lowest BCUT2D eigenvalue weighted by Gasteiger charge is -2.04. The first kappa shape index (κ1) is 9.71. The van der Waals surface area contributed by atoms with E-state index < -0.39 is 0 Å². The number of aryl methyl sites for hydroxylation is 2. The molecule has 0 radical (unpaired) electrons. The molecule has 1 aromatic heterocycles. The van der Waals surface area contributed by atoms with Gasteiger partial charge in [0.25, 0.3) is 0 Å². The van der Waals surface area contributed by atoms with Crippen molar-refractivity contribution >= 4 is 0 Å². The Kier molecular flexibility index (Phi) is 2.42. The van der Waals surface area contributed by atoms with Crippen LogP contribution in [-0.4, -0.2) is 4.98 Å². The molecule has 0 unspecified atom stereocenters. The molecule has 0 bridgehead atoms. The highest BCUT2D eigenvalue weighted by Gasteiger charge is 1.99. The average Bonchev–Trinajstić information content (AvgIpc) is 2.17. The molecule has 1 N–H and O–H groups in total. The maximum atomic E-state index is 10.9. The van der Waals surface area contributed by atoms with Gasteiger partial charge in [0.05, 0.1) is 0 Å². The lowest BCUT2D eigenvalue weighted by atomic mass is 10.0. The highest BCUT2D eigenvalue weighted by Crippen LogP contribution is 2.20. The van der Waals surface area contributed by atoms with Gasteiger partial charge in [0, 0.05) is 12.3 Å². The molecule has 15 heavy (non-hydrogen) atoms. The van der Waals surface area contributed by atoms with Gasteiger partial charge < -0.3 is 4.98 Å². The van der Waals surface area contributed by atoms with Crippen LogP contribution in [0.5, 0.6) is 0 Å². The first-order chi connectivity index (χ1) is 7.15. The zero-order valence-corrected chi connectivity index (χ0v) is 8.87. The van der Waals surface area contributed by atoms with E-state index in [0.29, 0.717) is 0 Å². The average molecular weight is 199 g/mol. The lowest BCUT2D eigenvalue weighted by molar-refractivity contribution is 1.24. The number of pyridine rings is 1. The number of aromatic nitrogens is 1. The highest BCUT2D eigenvalue weighted by atomic mass is 16.1. The standard InChI is InChI=1S/C13H13NO/c1-9-5-10(2)7-12(6-9)11-3-4-13(15)14-8-11/h3-8H,1-2H3,(H,14,15). The third kappa shape index (κ3) is 2.15. The SMILES string of the molecule is Cc1cc(C)cc(-c2ccc(=O)[nH]c2)c1. The zero-order chi connectivity index (χ0) is 10.8. The van der Waals surface area contributed by atoms with E-state index in [0.717, 1.165) is 11.1 Å². The Labute approximate surface area is 88.6 Å². The second-order valence-corrected chi connectivity index (χ2v) is 3.82. The minimum Gasteiger partial charge on any atom is -0.328 e. The fourth-order valence-electron chi connectivity index (χ4n) is 1.73. The van der Waals surface area contributed by atoms with Gasteiger partial charge in [0.15, 0.2) is 0 Å². The summed E-state index contributed by atoms with van der Waals surface area (Å²) in [7, 11) is 0. The van der Waals surface area contributed by atoms with Gasteiger partial charge in [0.2, 0.25) is 5.56 Å². The van der Waals surface area contributed by atoms with Crippen molar-refractivity contribution in [3.05, 3.63) is 58.0 Å². The molecule has 2 rings (SSSR count). The van der Waals surface area contributed by atoms with Crippen LogP contribution >= 0.6 is 0 Å². The molecule has 0 atom stereocenters. The Morgan fingerprint density at radius 2 is 1.60 bits per heavy atom. The van der Waals surface area contributed by atoms with Crippen LogP contribution in [0.4, 0.5) is 0 Å². The molecule has 1 heterocycles. The number of benzene rings is 1. The largest absolute Gasteiger partial charge is 0.328 e. The molecule has 0 amide bonds. The smallest absolute Gasteiger partial charge is 0.247 e. The predicted molar refractivity (Wildman–Crippen MR) is 62.0 cm³/mol. The van der Waals surface area contributed by atoms with Gasteiger partial charge in [-0.05, 0) is 31.0 Å². The van der Waals surface area contributed by atoms with Crippen molar-refractivity contribution in [2.75, 3.05) is 0 Å². The molecule has 2 nitrogen and oxygen atoms in total. The Hall–Kier alpha value is -1.83. The van der Waals surface area contributed by atoms with Crippen LogP contribution in [0.25, 0.3) is 11.1 Å². The molecular weight excluding hydrogens is 186 g/mol. The molecule has 0 aliphatic heterocycles. The van der Waals surface area contributed by atoms with Crippen LogP contribution in [0.2, 0.25) is 0 Å². The van der Waals surface area contributed by atoms with Crippen molar-refractivity contribution in [1.82, 2.24) is 4.98 Å². The number of H-pyrrole nitrogens is 1. The lowest BCUT2D eigenvalue weighted by Crippen LogP contribution is -2.01. The number of hydrogen-bond acceptors (Lipinski definition) is 1. The predicted octanol–water partition coefficient (Wildman–Crippen LogP) is 2.66. The summed E-state index contributed by atoms with van der Waals surface area (Å²) >= 11 is 0. The van der Waals surface area contributed by atoms with Crippen LogP contribution in [-0.2, 0) is 0 Å². The van der Waals surface area contributed by atoms with Crippen LogP contribution < -0.4 is 5.56 Å². The molecular formula is C13H13NO. The number of hydrogen-bond donors (Lipinski definition) is 1. The zero-order valence-electron chi connectivity index (χ0n) is 8.87. The van der Waals surface area contributed by atoms with Crippen LogP contribution in [0, 0.1) is 13.8 Å². The van der Waals surface area contributed by atoms with Gasteiger partial charge in [-0.1, -0.05) is 29.3 Å². The van der Waals surface area contributed by atoms with Crippen molar-refractivity contribution < 1.29 is 0 Å². The van der Waals surface area contributed by atoms with Crippen LogP contribution in [0.3, 0.4) is 0 Å². The maximum absolute atomic E-state index is 10.9. The third-order valence-electron chi connectivity index (χ3n) is 2.34. The van der Waals surface area contributed by atoms with Crippen molar-refractivity contribution in [2.45, 2.75) is 13.8 Å². The third-order valence-corrected chi connectivity index (χ3v) is 2.34. The molecule has 0 aliphatic carbocycles. The summed E-state index contributed by atoms with van der Waals surface area (Å²) in [5.74, 6) is 0. The van der Waals surface area contributed by atoms with Gasteiger partial charge in [-0.2, -0.15) is 0 Å². The van der Waals surface area contributed by atoms with Gasteiger partial charge in [-0.3, -0.25) is 4.79 Å². The Bertz CT molecular complexity index is 500. The van der Waals surface area contributed by atoms with E-state index in [1.165, 1.54) is 11.1 Å². The molecule has 0 aliphatic rings. The summed E-state index contributed by atoms with van der Waals surface area (Å²) < 4.78 is 0. The monoisotopic (exact) mass is 199 g/mol. The Balaban J connectivity index is 2.53. The topological polar surface area (TPSA) is 32.9 Å². The number of nitrogens with one attached hydrogen (secondary N) is 1. The molecule has 1 aromatic carbocycles. The number of aromatic amines is 1. The first-order valence-electron chi connectivity index (χ1n) is 4.92. The summed E-state index contributed by atoms with van der Waals surface area (Å²) in [5.41, 5.74) is 4.58. The molecule has 0 spiro atoms. The fraction of sp³-hybridized carbons (Fsp3) is 0.154. The summed E-state index contributed by atoms with van der Waals surface area (Å²) in [6.45, 7) is 4.14. The molecule has 2 heteroatoms. The molecule has 0 saturated carbocycles. The first-order valence-corrected chi connectivity index (χ1v) is 4.92. The minimum atomic E-state index is -0.0666. The molecule has 0 fully saturated rings. The number of rotatable bonds is 1. The van der Waals surface area contributed by atoms with Gasteiger partial charge in [-0.15, -0.1) is 0 Å². The van der Waals surface area contributed by atoms with Gasteiger partial charge in [0.1, 0.15) is 0 Å². The van der Waals surface area contributed by atoms with Gasteiger partial charge >= 0.3 is 0 Å². The van der Waals surface area contributed by atoms with Crippen molar-refractivity contribution in [1.29, 1.82) is 0 Å². The van der Waals surface area contributed by atoms with E-state index in [4.69, 9.17) is 0 Å². The Morgan fingerprint density at radius 1 is 0.933 bits per heavy atom. The summed E-state index contributed by atoms with van der Waals surface area (Å²) in [4.78, 5) is 13.6. The minimum absolute atomic E-state index is 0.0666. The van der Waals surface area contributed by atoms with Crippen LogP contribution in [0.1, 0.15) is 11.1 Å². The van der Waals surface area contributed by atoms with E-state index >= 15 is 0 Å². The van der Waals surface area contributed by atoms with E-state index in [1.54, 1.807) is 12.3 Å². The molecule has 0 saturated heterocycles. The Morgan fingerprint density at radius 3 is 2.13 bits per heavy atom.